The molecule has 1 fully saturated rings. The first kappa shape index (κ1) is 18.2. The minimum absolute atomic E-state index is 0.0695. The minimum Gasteiger partial charge on any atom is -0.328 e. The Hall–Kier alpha value is -0.820. The van der Waals surface area contributed by atoms with Gasteiger partial charge in [0, 0.05) is 12.6 Å². The Labute approximate surface area is 129 Å². The van der Waals surface area contributed by atoms with Crippen molar-refractivity contribution in [2.45, 2.75) is 56.6 Å². The summed E-state index contributed by atoms with van der Waals surface area (Å²) in [5.74, 6) is -0.481. The van der Waals surface area contributed by atoms with E-state index in [9.17, 15) is 8.60 Å². The average Bonchev–Trinajstić information content (AvgIpc) is 2.24. The van der Waals surface area contributed by atoms with Gasteiger partial charge < -0.3 is 5.73 Å². The van der Waals surface area contributed by atoms with E-state index in [2.05, 4.69) is 11.9 Å². The standard InChI is InChI=1S/C12H17FN2OS.C3H9N/c1-15(10-3-2-4-10)8-9-5-6-12(17(14)16)11(13)7-9;1-3(2)4/h5-7,10H,2-4,8,14H2,1H3;3H,4H2,1-2H3. The molecule has 0 bridgehead atoms. The van der Waals surface area contributed by atoms with Crippen molar-refractivity contribution in [1.82, 2.24) is 4.90 Å². The highest BCUT2D eigenvalue weighted by atomic mass is 32.2. The van der Waals surface area contributed by atoms with Crippen LogP contribution in [0, 0.1) is 5.82 Å². The Bertz CT molecular complexity index is 475. The molecule has 0 amide bonds. The number of hydrogen-bond acceptors (Lipinski definition) is 3. The van der Waals surface area contributed by atoms with Gasteiger partial charge in [0.25, 0.3) is 0 Å². The van der Waals surface area contributed by atoms with Gasteiger partial charge in [0.1, 0.15) is 16.8 Å². The molecule has 0 aromatic heterocycles. The summed E-state index contributed by atoms with van der Waals surface area (Å²) in [5, 5.41) is 5.17. The summed E-state index contributed by atoms with van der Waals surface area (Å²) in [6.45, 7) is 4.61. The smallest absolute Gasteiger partial charge is 0.140 e. The van der Waals surface area contributed by atoms with Crippen molar-refractivity contribution in [1.29, 1.82) is 0 Å². The van der Waals surface area contributed by atoms with Crippen molar-refractivity contribution in [3.63, 3.8) is 0 Å². The van der Waals surface area contributed by atoms with Gasteiger partial charge in [-0.2, -0.15) is 0 Å². The lowest BCUT2D eigenvalue weighted by Crippen LogP contribution is -2.36. The number of benzene rings is 1. The van der Waals surface area contributed by atoms with Crippen LogP contribution in [0.3, 0.4) is 0 Å². The Morgan fingerprint density at radius 3 is 2.38 bits per heavy atom. The van der Waals surface area contributed by atoms with E-state index in [1.54, 1.807) is 6.07 Å². The van der Waals surface area contributed by atoms with Crippen LogP contribution in [0.2, 0.25) is 0 Å². The van der Waals surface area contributed by atoms with Gasteiger partial charge in [-0.05, 0) is 43.6 Å². The number of rotatable bonds is 4. The van der Waals surface area contributed by atoms with Crippen LogP contribution in [0.1, 0.15) is 38.7 Å². The molecule has 0 saturated heterocycles. The van der Waals surface area contributed by atoms with Crippen LogP contribution < -0.4 is 10.9 Å². The van der Waals surface area contributed by atoms with E-state index in [1.807, 2.05) is 13.8 Å². The van der Waals surface area contributed by atoms with E-state index < -0.39 is 16.8 Å². The first-order valence-electron chi connectivity index (χ1n) is 7.21. The monoisotopic (exact) mass is 315 g/mol. The fourth-order valence-electron chi connectivity index (χ4n) is 2.05. The molecule has 1 aliphatic carbocycles. The number of halogens is 1. The molecule has 6 heteroatoms. The zero-order valence-electron chi connectivity index (χ0n) is 13.0. The summed E-state index contributed by atoms with van der Waals surface area (Å²) in [5.41, 5.74) is 6.01. The molecule has 0 spiro atoms. The van der Waals surface area contributed by atoms with Crippen molar-refractivity contribution < 1.29 is 8.60 Å². The van der Waals surface area contributed by atoms with Gasteiger partial charge in [0.15, 0.2) is 0 Å². The van der Waals surface area contributed by atoms with E-state index in [1.165, 1.54) is 31.4 Å². The maximum absolute atomic E-state index is 13.6. The van der Waals surface area contributed by atoms with Crippen molar-refractivity contribution in [3.05, 3.63) is 29.6 Å². The van der Waals surface area contributed by atoms with Crippen LogP contribution in [0.25, 0.3) is 0 Å². The summed E-state index contributed by atoms with van der Waals surface area (Å²) in [4.78, 5) is 2.30. The van der Waals surface area contributed by atoms with Gasteiger partial charge >= 0.3 is 0 Å². The molecule has 1 unspecified atom stereocenters. The van der Waals surface area contributed by atoms with Crippen molar-refractivity contribution >= 4 is 11.0 Å². The Morgan fingerprint density at radius 1 is 1.43 bits per heavy atom. The van der Waals surface area contributed by atoms with Gasteiger partial charge in [0.05, 0.1) is 4.90 Å². The lowest BCUT2D eigenvalue weighted by atomic mass is 9.91. The van der Waals surface area contributed by atoms with Gasteiger partial charge in [-0.1, -0.05) is 26.3 Å². The number of nitrogens with zero attached hydrogens (tertiary/aromatic N) is 1. The molecule has 1 atom stereocenters. The third-order valence-corrected chi connectivity index (χ3v) is 4.11. The average molecular weight is 315 g/mol. The Kier molecular flexibility index (Phi) is 7.45. The van der Waals surface area contributed by atoms with E-state index in [4.69, 9.17) is 10.9 Å². The second kappa shape index (κ2) is 8.58. The number of nitrogens with two attached hydrogens (primary N) is 2. The molecule has 4 nitrogen and oxygen atoms in total. The number of hydrogen-bond donors (Lipinski definition) is 2. The molecule has 1 aromatic rings. The fourth-order valence-corrected chi connectivity index (χ4v) is 2.50. The largest absolute Gasteiger partial charge is 0.328 e. The molecule has 120 valence electrons. The third kappa shape index (κ3) is 6.22. The highest BCUT2D eigenvalue weighted by Gasteiger charge is 2.22. The van der Waals surface area contributed by atoms with Crippen molar-refractivity contribution in [2.24, 2.45) is 10.9 Å². The van der Waals surface area contributed by atoms with Crippen LogP contribution in [0.5, 0.6) is 0 Å². The fraction of sp³-hybridized carbons (Fsp3) is 0.600. The molecule has 4 N–H and O–H groups in total. The summed E-state index contributed by atoms with van der Waals surface area (Å²) in [6, 6.07) is 5.68. The topological polar surface area (TPSA) is 72.3 Å². The second-order valence-corrected chi connectivity index (χ2v) is 6.84. The quantitative estimate of drug-likeness (QED) is 0.894. The van der Waals surface area contributed by atoms with Crippen LogP contribution in [-0.2, 0) is 17.5 Å². The SMILES string of the molecule is CC(C)N.CN(Cc1ccc(S(N)=O)c(F)c1)C1CCC1. The zero-order valence-corrected chi connectivity index (χ0v) is 13.8. The lowest BCUT2D eigenvalue weighted by Gasteiger charge is -2.34. The van der Waals surface area contributed by atoms with Crippen LogP contribution in [0.15, 0.2) is 23.1 Å². The van der Waals surface area contributed by atoms with Crippen LogP contribution in [-0.4, -0.2) is 28.2 Å². The highest BCUT2D eigenvalue weighted by molar-refractivity contribution is 7.82. The summed E-state index contributed by atoms with van der Waals surface area (Å²) in [7, 11) is 0.303. The van der Waals surface area contributed by atoms with E-state index >= 15 is 0 Å². The van der Waals surface area contributed by atoms with Gasteiger partial charge in [-0.25, -0.2) is 13.7 Å². The first-order valence-corrected chi connectivity index (χ1v) is 8.43. The van der Waals surface area contributed by atoms with Gasteiger partial charge in [-0.3, -0.25) is 4.90 Å². The highest BCUT2D eigenvalue weighted by Crippen LogP contribution is 2.25. The molecule has 2 rings (SSSR count). The van der Waals surface area contributed by atoms with Gasteiger partial charge in [0.2, 0.25) is 0 Å². The molecule has 0 heterocycles. The summed E-state index contributed by atoms with van der Waals surface area (Å²) >= 11 is 0. The third-order valence-electron chi connectivity index (χ3n) is 3.34. The summed E-state index contributed by atoms with van der Waals surface area (Å²) < 4.78 is 24.6. The van der Waals surface area contributed by atoms with E-state index in [-0.39, 0.29) is 4.90 Å². The zero-order chi connectivity index (χ0) is 16.0. The van der Waals surface area contributed by atoms with Crippen molar-refractivity contribution in [3.8, 4) is 0 Å². The molecule has 21 heavy (non-hydrogen) atoms. The van der Waals surface area contributed by atoms with E-state index in [0.717, 1.165) is 12.1 Å². The van der Waals surface area contributed by atoms with Gasteiger partial charge in [-0.15, -0.1) is 0 Å². The normalized spacial score (nSPS) is 16.4. The first-order chi connectivity index (χ1) is 9.81. The second-order valence-electron chi connectivity index (χ2n) is 5.81. The predicted molar refractivity (Wildman–Crippen MR) is 85.4 cm³/mol. The van der Waals surface area contributed by atoms with Crippen molar-refractivity contribution in [2.75, 3.05) is 7.05 Å². The lowest BCUT2D eigenvalue weighted by molar-refractivity contribution is 0.152. The Balaban J connectivity index is 0.000000491. The molecule has 1 aliphatic rings. The van der Waals surface area contributed by atoms with E-state index in [0.29, 0.717) is 12.1 Å². The summed E-state index contributed by atoms with van der Waals surface area (Å²) in [6.07, 6.45) is 3.74. The molecular weight excluding hydrogens is 289 g/mol. The molecule has 1 saturated carbocycles. The van der Waals surface area contributed by atoms with Crippen LogP contribution >= 0.6 is 0 Å². The minimum atomic E-state index is -1.75. The molecule has 1 aromatic carbocycles. The predicted octanol–water partition coefficient (Wildman–Crippen LogP) is 2.14. The maximum Gasteiger partial charge on any atom is 0.140 e. The molecular formula is C15H26FN3OS. The van der Waals surface area contributed by atoms with Crippen LogP contribution in [0.4, 0.5) is 4.39 Å². The Morgan fingerprint density at radius 2 is 2.00 bits per heavy atom. The maximum atomic E-state index is 13.6. The molecule has 0 aliphatic heterocycles. The molecule has 0 radical (unpaired) electrons.